The van der Waals surface area contributed by atoms with E-state index in [1.165, 1.54) is 0 Å². The largest absolute Gasteiger partial charge is 0.385 e. The van der Waals surface area contributed by atoms with Gasteiger partial charge in [-0.15, -0.1) is 6.58 Å². The summed E-state index contributed by atoms with van der Waals surface area (Å²) in [4.78, 5) is 0. The van der Waals surface area contributed by atoms with Crippen LogP contribution in [0.3, 0.4) is 0 Å². The van der Waals surface area contributed by atoms with Crippen LogP contribution in [-0.4, -0.2) is 27.4 Å². The molecule has 0 aromatic heterocycles. The summed E-state index contributed by atoms with van der Waals surface area (Å²) in [6, 6.07) is 0. The summed E-state index contributed by atoms with van der Waals surface area (Å²) in [5, 5.41) is 0. The van der Waals surface area contributed by atoms with Crippen molar-refractivity contribution < 1.29 is 9.47 Å². The molecule has 13 heavy (non-hydrogen) atoms. The van der Waals surface area contributed by atoms with Crippen LogP contribution in [0, 0.1) is 0 Å². The van der Waals surface area contributed by atoms with Gasteiger partial charge in [-0.2, -0.15) is 0 Å². The Labute approximate surface area is 87.0 Å². The molecule has 0 aromatic rings. The topological polar surface area (TPSA) is 18.5 Å². The standard InChI is InChI=1S/C4H8O.C3H8O.4CH4/c1-3-4-5-2;1-3-4-2;;;;/h3H,1,4H2,2H3;3H2,1-2H3;4*1H4. The molecule has 0 radical (unpaired) electrons. The number of methoxy groups -OCH3 is 2. The summed E-state index contributed by atoms with van der Waals surface area (Å²) in [6.45, 7) is 6.86. The fraction of sp³-hybridized carbons (Fsp3) is 0.818. The first kappa shape index (κ1) is 38.8. The van der Waals surface area contributed by atoms with Crippen LogP contribution in [0.15, 0.2) is 12.7 Å². The van der Waals surface area contributed by atoms with Gasteiger partial charge >= 0.3 is 0 Å². The molecule has 2 nitrogen and oxygen atoms in total. The van der Waals surface area contributed by atoms with Gasteiger partial charge in [0.05, 0.1) is 6.61 Å². The number of ether oxygens (including phenoxy) is 2. The summed E-state index contributed by atoms with van der Waals surface area (Å²) < 4.78 is 9.11. The smallest absolute Gasteiger partial charge is 0.0641 e. The summed E-state index contributed by atoms with van der Waals surface area (Å²) in [5.74, 6) is 0. The highest BCUT2D eigenvalue weighted by atomic mass is 16.5. The fourth-order valence-electron chi connectivity index (χ4n) is 0.118. The lowest BCUT2D eigenvalue weighted by molar-refractivity contribution is 0.215. The average molecular weight is 196 g/mol. The van der Waals surface area contributed by atoms with Crippen LogP contribution < -0.4 is 0 Å². The van der Waals surface area contributed by atoms with Gasteiger partial charge in [0.1, 0.15) is 0 Å². The van der Waals surface area contributed by atoms with Crippen molar-refractivity contribution in [3.8, 4) is 0 Å². The van der Waals surface area contributed by atoms with Gasteiger partial charge in [0, 0.05) is 20.8 Å². The highest BCUT2D eigenvalue weighted by Crippen LogP contribution is 1.60. The molecule has 0 heterocycles. The first-order valence-electron chi connectivity index (χ1n) is 2.92. The molecule has 0 saturated carbocycles. The summed E-state index contributed by atoms with van der Waals surface area (Å²) in [6.07, 6.45) is 1.71. The van der Waals surface area contributed by atoms with E-state index in [1.807, 2.05) is 6.92 Å². The Balaban J connectivity index is -0.0000000146. The highest BCUT2D eigenvalue weighted by Gasteiger charge is 1.58. The molecule has 0 aliphatic rings. The molecule has 0 aromatic carbocycles. The molecule has 0 unspecified atom stereocenters. The third-order valence-electron chi connectivity index (χ3n) is 0.573. The van der Waals surface area contributed by atoms with E-state index in [0.29, 0.717) is 6.61 Å². The van der Waals surface area contributed by atoms with Crippen molar-refractivity contribution in [2.75, 3.05) is 27.4 Å². The first-order chi connectivity index (χ1) is 4.33. The van der Waals surface area contributed by atoms with Gasteiger partial charge in [-0.05, 0) is 6.92 Å². The Bertz CT molecular complexity index is 43.4. The van der Waals surface area contributed by atoms with Crippen LogP contribution in [-0.2, 0) is 9.47 Å². The predicted molar refractivity (Wildman–Crippen MR) is 66.5 cm³/mol. The molecule has 2 heteroatoms. The maximum atomic E-state index is 4.57. The zero-order chi connectivity index (χ0) is 7.54. The van der Waals surface area contributed by atoms with Crippen LogP contribution in [0.25, 0.3) is 0 Å². The normalized spacial score (nSPS) is 5.15. The molecule has 0 amide bonds. The Morgan fingerprint density at radius 1 is 1.00 bits per heavy atom. The SMILES string of the molecule is C.C.C.C.C=CCOC.CCOC. The first-order valence-corrected chi connectivity index (χ1v) is 2.92. The van der Waals surface area contributed by atoms with E-state index in [4.69, 9.17) is 0 Å². The van der Waals surface area contributed by atoms with Crippen LogP contribution in [0.2, 0.25) is 0 Å². The average Bonchev–Trinajstić information content (AvgIpc) is 1.91. The van der Waals surface area contributed by atoms with Gasteiger partial charge in [-0.1, -0.05) is 35.8 Å². The Kier molecular flexibility index (Phi) is 182. The van der Waals surface area contributed by atoms with E-state index in [9.17, 15) is 0 Å². The van der Waals surface area contributed by atoms with Gasteiger partial charge in [0.25, 0.3) is 0 Å². The van der Waals surface area contributed by atoms with Crippen LogP contribution in [0.1, 0.15) is 36.6 Å². The number of rotatable bonds is 3. The number of hydrogen-bond donors (Lipinski definition) is 0. The molecular weight excluding hydrogens is 164 g/mol. The van der Waals surface area contributed by atoms with Gasteiger partial charge < -0.3 is 9.47 Å². The minimum absolute atomic E-state index is 0. The van der Waals surface area contributed by atoms with Gasteiger partial charge in [-0.25, -0.2) is 0 Å². The Morgan fingerprint density at radius 3 is 1.31 bits per heavy atom. The van der Waals surface area contributed by atoms with Gasteiger partial charge in [-0.3, -0.25) is 0 Å². The lowest BCUT2D eigenvalue weighted by atomic mass is 10.7. The van der Waals surface area contributed by atoms with Crippen molar-refractivity contribution >= 4 is 0 Å². The molecular formula is C11H32O2. The second-order valence-electron chi connectivity index (χ2n) is 1.32. The van der Waals surface area contributed by atoms with E-state index in [2.05, 4.69) is 16.1 Å². The van der Waals surface area contributed by atoms with E-state index in [1.54, 1.807) is 20.3 Å². The second-order valence-corrected chi connectivity index (χ2v) is 1.32. The maximum Gasteiger partial charge on any atom is 0.0641 e. The molecule has 0 rings (SSSR count). The van der Waals surface area contributed by atoms with Crippen LogP contribution in [0.4, 0.5) is 0 Å². The summed E-state index contributed by atoms with van der Waals surface area (Å²) >= 11 is 0. The zero-order valence-corrected chi connectivity index (χ0v) is 6.52. The molecule has 88 valence electrons. The zero-order valence-electron chi connectivity index (χ0n) is 6.52. The summed E-state index contributed by atoms with van der Waals surface area (Å²) in [5.41, 5.74) is 0. The molecule has 0 atom stereocenters. The summed E-state index contributed by atoms with van der Waals surface area (Å²) in [7, 11) is 3.32. The fourth-order valence-corrected chi connectivity index (χ4v) is 0.118. The highest BCUT2D eigenvalue weighted by molar-refractivity contribution is 4.62. The molecule has 0 saturated heterocycles. The van der Waals surface area contributed by atoms with Gasteiger partial charge in [0.2, 0.25) is 0 Å². The number of hydrogen-bond acceptors (Lipinski definition) is 2. The Hall–Kier alpha value is -0.340. The minimum atomic E-state index is 0. The lowest BCUT2D eigenvalue weighted by Crippen LogP contribution is -1.76. The maximum absolute atomic E-state index is 4.57. The van der Waals surface area contributed by atoms with E-state index in [-0.39, 0.29) is 29.7 Å². The monoisotopic (exact) mass is 196 g/mol. The van der Waals surface area contributed by atoms with Crippen molar-refractivity contribution in [3.63, 3.8) is 0 Å². The van der Waals surface area contributed by atoms with E-state index in [0.717, 1.165) is 6.61 Å². The van der Waals surface area contributed by atoms with Crippen LogP contribution in [0.5, 0.6) is 0 Å². The quantitative estimate of drug-likeness (QED) is 0.635. The molecule has 0 N–H and O–H groups in total. The molecule has 0 bridgehead atoms. The molecule has 0 aliphatic heterocycles. The third kappa shape index (κ3) is 154. The lowest BCUT2D eigenvalue weighted by Gasteiger charge is -1.79. The van der Waals surface area contributed by atoms with Crippen molar-refractivity contribution in [2.24, 2.45) is 0 Å². The van der Waals surface area contributed by atoms with Crippen molar-refractivity contribution in [3.05, 3.63) is 12.7 Å². The van der Waals surface area contributed by atoms with Crippen molar-refractivity contribution in [1.29, 1.82) is 0 Å². The van der Waals surface area contributed by atoms with E-state index >= 15 is 0 Å². The minimum Gasteiger partial charge on any atom is -0.385 e. The van der Waals surface area contributed by atoms with Gasteiger partial charge in [0.15, 0.2) is 0 Å². The van der Waals surface area contributed by atoms with Crippen LogP contribution >= 0.6 is 0 Å². The second kappa shape index (κ2) is 61.0. The Morgan fingerprint density at radius 2 is 1.31 bits per heavy atom. The van der Waals surface area contributed by atoms with E-state index < -0.39 is 0 Å². The molecule has 0 aliphatic carbocycles. The predicted octanol–water partition coefficient (Wildman–Crippen LogP) is 4.02. The molecule has 0 spiro atoms. The molecule has 0 fully saturated rings. The third-order valence-corrected chi connectivity index (χ3v) is 0.573. The van der Waals surface area contributed by atoms with Crippen molar-refractivity contribution in [1.82, 2.24) is 0 Å². The van der Waals surface area contributed by atoms with Crippen molar-refractivity contribution in [2.45, 2.75) is 36.6 Å².